The highest BCUT2D eigenvalue weighted by Gasteiger charge is 2.31. The zero-order valence-corrected chi connectivity index (χ0v) is 20.8. The number of hydrogen-bond acceptors (Lipinski definition) is 4. The van der Waals surface area contributed by atoms with Gasteiger partial charge in [-0.25, -0.2) is 0 Å². The average Bonchev–Trinajstić information content (AvgIpc) is 2.87. The number of anilines is 3. The second kappa shape index (κ2) is 10.3. The predicted octanol–water partition coefficient (Wildman–Crippen LogP) is 7.52. The number of para-hydroxylation sites is 2. The fourth-order valence-electron chi connectivity index (χ4n) is 4.63. The minimum absolute atomic E-state index is 0.0434. The fraction of sp³-hybridized carbons (Fsp3) is 0.286. The van der Waals surface area contributed by atoms with E-state index in [2.05, 4.69) is 17.4 Å². The van der Waals surface area contributed by atoms with E-state index in [1.165, 1.54) is 18.2 Å². The highest BCUT2D eigenvalue weighted by atomic mass is 32.2. The highest BCUT2D eigenvalue weighted by molar-refractivity contribution is 8.00. The number of fused-ring (bicyclic) bond motifs is 2. The van der Waals surface area contributed by atoms with Crippen LogP contribution in [0, 0.1) is 5.92 Å². The first kappa shape index (κ1) is 23.1. The monoisotopic (exact) mass is 488 g/mol. The normalized spacial score (nSPS) is 16.3. The van der Waals surface area contributed by atoms with E-state index >= 15 is 0 Å². The molecule has 1 atom stereocenters. The van der Waals surface area contributed by atoms with Gasteiger partial charge < -0.3 is 5.32 Å². The summed E-state index contributed by atoms with van der Waals surface area (Å²) in [5.41, 5.74) is 2.65. The first-order chi connectivity index (χ1) is 16.6. The van der Waals surface area contributed by atoms with E-state index < -0.39 is 0 Å². The van der Waals surface area contributed by atoms with Crippen LogP contribution < -0.4 is 10.2 Å². The summed E-state index contributed by atoms with van der Waals surface area (Å²) < 4.78 is 0. The Hall–Kier alpha value is -2.70. The molecule has 5 rings (SSSR count). The lowest BCUT2D eigenvalue weighted by Gasteiger charge is -2.32. The molecular formula is C28H28N2O2S2. The molecular weight excluding hydrogens is 460 g/mol. The Balaban J connectivity index is 1.32. The molecule has 1 saturated carbocycles. The number of rotatable bonds is 5. The van der Waals surface area contributed by atoms with Gasteiger partial charge in [0.2, 0.25) is 11.8 Å². The van der Waals surface area contributed by atoms with Crippen LogP contribution in [0.25, 0.3) is 0 Å². The summed E-state index contributed by atoms with van der Waals surface area (Å²) in [7, 11) is 0. The van der Waals surface area contributed by atoms with Gasteiger partial charge in [-0.1, -0.05) is 61.4 Å². The molecule has 0 bridgehead atoms. The van der Waals surface area contributed by atoms with E-state index in [-0.39, 0.29) is 23.0 Å². The molecule has 1 unspecified atom stereocenters. The van der Waals surface area contributed by atoms with E-state index in [1.807, 2.05) is 72.5 Å². The summed E-state index contributed by atoms with van der Waals surface area (Å²) in [6.45, 7) is 1.95. The Morgan fingerprint density at radius 2 is 1.56 bits per heavy atom. The van der Waals surface area contributed by atoms with Crippen molar-refractivity contribution < 1.29 is 9.59 Å². The maximum atomic E-state index is 13.7. The first-order valence-electron chi connectivity index (χ1n) is 11.9. The highest BCUT2D eigenvalue weighted by Crippen LogP contribution is 2.48. The summed E-state index contributed by atoms with van der Waals surface area (Å²) in [6, 6.07) is 23.9. The third-order valence-electron chi connectivity index (χ3n) is 6.39. The maximum absolute atomic E-state index is 13.7. The van der Waals surface area contributed by atoms with Crippen molar-refractivity contribution in [1.82, 2.24) is 0 Å². The van der Waals surface area contributed by atoms with Crippen LogP contribution in [-0.4, -0.2) is 17.1 Å². The summed E-state index contributed by atoms with van der Waals surface area (Å²) in [6.07, 6.45) is 5.45. The molecule has 1 aliphatic heterocycles. The molecule has 4 nitrogen and oxygen atoms in total. The molecule has 0 radical (unpaired) electrons. The number of benzene rings is 3. The van der Waals surface area contributed by atoms with Crippen molar-refractivity contribution in [2.75, 3.05) is 10.2 Å². The molecule has 174 valence electrons. The number of amides is 2. The molecule has 3 aromatic carbocycles. The Bertz CT molecular complexity index is 1160. The van der Waals surface area contributed by atoms with Gasteiger partial charge >= 0.3 is 0 Å². The van der Waals surface area contributed by atoms with Crippen LogP contribution in [0.4, 0.5) is 17.1 Å². The van der Waals surface area contributed by atoms with Crippen molar-refractivity contribution in [3.63, 3.8) is 0 Å². The molecule has 0 saturated heterocycles. The van der Waals surface area contributed by atoms with E-state index in [4.69, 9.17) is 0 Å². The Morgan fingerprint density at radius 3 is 2.24 bits per heavy atom. The minimum atomic E-state index is -0.298. The van der Waals surface area contributed by atoms with E-state index in [1.54, 1.807) is 11.8 Å². The van der Waals surface area contributed by atoms with Crippen molar-refractivity contribution in [3.8, 4) is 0 Å². The van der Waals surface area contributed by atoms with Gasteiger partial charge in [0.1, 0.15) is 0 Å². The number of hydrogen-bond donors (Lipinski definition) is 1. The van der Waals surface area contributed by atoms with E-state index in [0.29, 0.717) is 0 Å². The summed E-state index contributed by atoms with van der Waals surface area (Å²) in [4.78, 5) is 31.4. The van der Waals surface area contributed by atoms with Gasteiger partial charge in [0, 0.05) is 26.3 Å². The molecule has 2 aliphatic rings. The Labute approximate surface area is 209 Å². The molecule has 0 spiro atoms. The smallest absolute Gasteiger partial charge is 0.244 e. The summed E-state index contributed by atoms with van der Waals surface area (Å²) in [5.74, 6) is 0.273. The van der Waals surface area contributed by atoms with Crippen LogP contribution in [0.3, 0.4) is 0 Å². The number of carbonyl (C=O) groups is 2. The molecule has 1 fully saturated rings. The Morgan fingerprint density at radius 1 is 0.912 bits per heavy atom. The molecule has 1 aliphatic carbocycles. The quantitative estimate of drug-likeness (QED) is 0.377. The van der Waals surface area contributed by atoms with Crippen molar-refractivity contribution in [2.24, 2.45) is 5.92 Å². The minimum Gasteiger partial charge on any atom is -0.326 e. The van der Waals surface area contributed by atoms with Crippen LogP contribution in [0.2, 0.25) is 0 Å². The molecule has 1 N–H and O–H groups in total. The molecule has 0 aromatic heterocycles. The predicted molar refractivity (Wildman–Crippen MR) is 141 cm³/mol. The van der Waals surface area contributed by atoms with Crippen molar-refractivity contribution in [3.05, 3.63) is 72.8 Å². The average molecular weight is 489 g/mol. The van der Waals surface area contributed by atoms with Gasteiger partial charge in [0.25, 0.3) is 0 Å². The van der Waals surface area contributed by atoms with E-state index in [0.717, 1.165) is 57.4 Å². The zero-order valence-electron chi connectivity index (χ0n) is 19.2. The third kappa shape index (κ3) is 4.89. The number of thioether (sulfide) groups is 1. The SMILES string of the molecule is CC(Sc1cccc(NC(=O)C2CCCCC2)c1)C(=O)N1c2ccccc2Sc2ccccc21. The fourth-order valence-corrected chi connectivity index (χ4v) is 6.66. The molecule has 6 heteroatoms. The molecule has 2 amide bonds. The van der Waals surface area contributed by atoms with Crippen molar-refractivity contribution in [1.29, 1.82) is 0 Å². The van der Waals surface area contributed by atoms with Crippen molar-refractivity contribution in [2.45, 2.75) is 59.0 Å². The van der Waals surface area contributed by atoms with Crippen LogP contribution >= 0.6 is 23.5 Å². The van der Waals surface area contributed by atoms with Gasteiger partial charge in [0.05, 0.1) is 16.6 Å². The zero-order chi connectivity index (χ0) is 23.5. The lowest BCUT2D eigenvalue weighted by Crippen LogP contribution is -2.34. The molecule has 3 aromatic rings. The van der Waals surface area contributed by atoms with Gasteiger partial charge in [-0.05, 0) is 62.2 Å². The standard InChI is InChI=1S/C28H28N2O2S2/c1-19(33-22-13-9-12-21(18-22)29-27(31)20-10-3-2-4-11-20)28(32)30-23-14-5-7-16-25(23)34-26-17-8-6-15-24(26)30/h5-9,12-20H,2-4,10-11H2,1H3,(H,29,31). The Kier molecular flexibility index (Phi) is 6.97. The second-order valence-electron chi connectivity index (χ2n) is 8.82. The summed E-state index contributed by atoms with van der Waals surface area (Å²) >= 11 is 3.22. The largest absolute Gasteiger partial charge is 0.326 e. The number of nitrogens with one attached hydrogen (secondary N) is 1. The molecule has 1 heterocycles. The van der Waals surface area contributed by atoms with Gasteiger partial charge in [-0.3, -0.25) is 14.5 Å². The van der Waals surface area contributed by atoms with Crippen LogP contribution in [0.15, 0.2) is 87.5 Å². The van der Waals surface area contributed by atoms with Gasteiger partial charge in [-0.2, -0.15) is 0 Å². The lowest BCUT2D eigenvalue weighted by molar-refractivity contribution is -0.120. The third-order valence-corrected chi connectivity index (χ3v) is 8.60. The van der Waals surface area contributed by atoms with Crippen LogP contribution in [0.5, 0.6) is 0 Å². The second-order valence-corrected chi connectivity index (χ2v) is 11.3. The number of nitrogens with zero attached hydrogens (tertiary/aromatic N) is 1. The maximum Gasteiger partial charge on any atom is 0.244 e. The topological polar surface area (TPSA) is 49.4 Å². The van der Waals surface area contributed by atoms with Crippen LogP contribution in [0.1, 0.15) is 39.0 Å². The van der Waals surface area contributed by atoms with Gasteiger partial charge in [-0.15, -0.1) is 11.8 Å². The summed E-state index contributed by atoms with van der Waals surface area (Å²) in [5, 5.41) is 2.80. The van der Waals surface area contributed by atoms with Crippen LogP contribution in [-0.2, 0) is 9.59 Å². The first-order valence-corrected chi connectivity index (χ1v) is 13.6. The van der Waals surface area contributed by atoms with E-state index in [9.17, 15) is 9.59 Å². The molecule has 34 heavy (non-hydrogen) atoms. The van der Waals surface area contributed by atoms with Crippen molar-refractivity contribution >= 4 is 52.4 Å². The lowest BCUT2D eigenvalue weighted by atomic mass is 9.88. The number of carbonyl (C=O) groups excluding carboxylic acids is 2. The van der Waals surface area contributed by atoms with Gasteiger partial charge in [0.15, 0.2) is 0 Å².